The van der Waals surface area contributed by atoms with Gasteiger partial charge in [0.1, 0.15) is 0 Å². The van der Waals surface area contributed by atoms with Crippen molar-refractivity contribution in [2.24, 2.45) is 0 Å². The minimum absolute atomic E-state index is 0.273. The molecule has 3 rings (SSSR count). The summed E-state index contributed by atoms with van der Waals surface area (Å²) in [5.74, 6) is 0.273. The van der Waals surface area contributed by atoms with Crippen molar-refractivity contribution in [1.82, 2.24) is 9.88 Å². The second kappa shape index (κ2) is 5.08. The summed E-state index contributed by atoms with van der Waals surface area (Å²) in [4.78, 5) is 17.3. The number of aryl methyl sites for hydroxylation is 1. The van der Waals surface area contributed by atoms with E-state index >= 15 is 0 Å². The van der Waals surface area contributed by atoms with Crippen LogP contribution >= 0.6 is 0 Å². The lowest BCUT2D eigenvalue weighted by atomic mass is 9.91. The fourth-order valence-electron chi connectivity index (χ4n) is 2.73. The first kappa shape index (κ1) is 12.3. The zero-order chi connectivity index (χ0) is 13.2. The Labute approximate surface area is 113 Å². The fraction of sp³-hybridized carbons (Fsp3) is 0.438. The van der Waals surface area contributed by atoms with E-state index in [1.165, 1.54) is 30.2 Å². The monoisotopic (exact) mass is 256 g/mol. The van der Waals surface area contributed by atoms with Gasteiger partial charge in [0.25, 0.3) is 0 Å². The van der Waals surface area contributed by atoms with Crippen molar-refractivity contribution in [3.05, 3.63) is 36.0 Å². The molecule has 0 spiro atoms. The quantitative estimate of drug-likeness (QED) is 0.896. The molecule has 0 atom stereocenters. The van der Waals surface area contributed by atoms with Crippen LogP contribution in [0.25, 0.3) is 10.9 Å². The minimum Gasteiger partial charge on any atom is -0.361 e. The number of benzene rings is 1. The van der Waals surface area contributed by atoms with Gasteiger partial charge in [-0.05, 0) is 37.3 Å². The molecule has 19 heavy (non-hydrogen) atoms. The number of carbonyl (C=O) groups excluding carboxylic acids is 1. The van der Waals surface area contributed by atoms with E-state index in [9.17, 15) is 4.79 Å². The highest BCUT2D eigenvalue weighted by atomic mass is 16.2. The molecule has 0 radical (unpaired) electrons. The largest absolute Gasteiger partial charge is 0.361 e. The van der Waals surface area contributed by atoms with E-state index in [4.69, 9.17) is 0 Å². The SMILES string of the molecule is CN(C(=O)CCc1c[nH]c2ccccc12)C1CCC1. The lowest BCUT2D eigenvalue weighted by Gasteiger charge is -2.34. The van der Waals surface area contributed by atoms with E-state index in [1.807, 2.05) is 30.3 Å². The molecule has 0 unspecified atom stereocenters. The number of nitrogens with zero attached hydrogens (tertiary/aromatic N) is 1. The number of hydrogen-bond donors (Lipinski definition) is 1. The Morgan fingerprint density at radius 2 is 2.16 bits per heavy atom. The summed E-state index contributed by atoms with van der Waals surface area (Å²) in [6.45, 7) is 0. The zero-order valence-electron chi connectivity index (χ0n) is 11.4. The third-order valence-electron chi connectivity index (χ3n) is 4.30. The molecule has 0 bridgehead atoms. The van der Waals surface area contributed by atoms with Gasteiger partial charge in [-0.3, -0.25) is 4.79 Å². The van der Waals surface area contributed by atoms with Gasteiger partial charge in [0.15, 0.2) is 0 Å². The number of aromatic amines is 1. The summed E-state index contributed by atoms with van der Waals surface area (Å²) < 4.78 is 0. The van der Waals surface area contributed by atoms with Crippen molar-refractivity contribution in [2.75, 3.05) is 7.05 Å². The van der Waals surface area contributed by atoms with Crippen molar-refractivity contribution in [3.8, 4) is 0 Å². The molecular formula is C16H20N2O. The number of aromatic nitrogens is 1. The van der Waals surface area contributed by atoms with Crippen LogP contribution in [-0.2, 0) is 11.2 Å². The second-order valence-corrected chi connectivity index (χ2v) is 5.45. The molecule has 1 amide bonds. The Kier molecular flexibility index (Phi) is 3.28. The topological polar surface area (TPSA) is 36.1 Å². The molecule has 1 saturated carbocycles. The number of rotatable bonds is 4. The van der Waals surface area contributed by atoms with Gasteiger partial charge in [-0.1, -0.05) is 18.2 Å². The first-order valence-corrected chi connectivity index (χ1v) is 7.06. The predicted octanol–water partition coefficient (Wildman–Crippen LogP) is 3.11. The number of fused-ring (bicyclic) bond motifs is 1. The molecule has 1 aliphatic rings. The van der Waals surface area contributed by atoms with E-state index in [0.29, 0.717) is 12.5 Å². The standard InChI is InChI=1S/C16H20N2O/c1-18(13-5-4-6-13)16(19)10-9-12-11-17-15-8-3-2-7-14(12)15/h2-3,7-8,11,13,17H,4-6,9-10H2,1H3. The fourth-order valence-corrected chi connectivity index (χ4v) is 2.73. The average molecular weight is 256 g/mol. The molecule has 1 aromatic heterocycles. The Bertz CT molecular complexity index is 583. The van der Waals surface area contributed by atoms with E-state index in [2.05, 4.69) is 17.1 Å². The number of hydrogen-bond acceptors (Lipinski definition) is 1. The van der Waals surface area contributed by atoms with Gasteiger partial charge in [-0.25, -0.2) is 0 Å². The third kappa shape index (κ3) is 2.37. The molecular weight excluding hydrogens is 236 g/mol. The summed E-state index contributed by atoms with van der Waals surface area (Å²) in [5, 5.41) is 1.24. The van der Waals surface area contributed by atoms with Crippen LogP contribution < -0.4 is 0 Å². The molecule has 100 valence electrons. The van der Waals surface area contributed by atoms with Gasteiger partial charge in [0.2, 0.25) is 5.91 Å². The third-order valence-corrected chi connectivity index (χ3v) is 4.30. The Hall–Kier alpha value is -1.77. The van der Waals surface area contributed by atoms with Crippen molar-refractivity contribution < 1.29 is 4.79 Å². The average Bonchev–Trinajstić information content (AvgIpc) is 2.77. The number of para-hydroxylation sites is 1. The number of amides is 1. The maximum absolute atomic E-state index is 12.1. The Morgan fingerprint density at radius 3 is 2.89 bits per heavy atom. The lowest BCUT2D eigenvalue weighted by Crippen LogP contribution is -2.41. The molecule has 0 aliphatic heterocycles. The number of H-pyrrole nitrogens is 1. The number of nitrogens with one attached hydrogen (secondary N) is 1. The first-order chi connectivity index (χ1) is 9.25. The summed E-state index contributed by atoms with van der Waals surface area (Å²) in [6.07, 6.45) is 7.07. The lowest BCUT2D eigenvalue weighted by molar-refractivity contribution is -0.133. The molecule has 0 saturated heterocycles. The second-order valence-electron chi connectivity index (χ2n) is 5.45. The summed E-state index contributed by atoms with van der Waals surface area (Å²) in [5.41, 5.74) is 2.39. The Balaban J connectivity index is 1.64. The van der Waals surface area contributed by atoms with E-state index in [0.717, 1.165) is 11.9 Å². The molecule has 1 N–H and O–H groups in total. The minimum atomic E-state index is 0.273. The van der Waals surface area contributed by atoms with Gasteiger partial charge in [-0.2, -0.15) is 0 Å². The summed E-state index contributed by atoms with van der Waals surface area (Å²) >= 11 is 0. The van der Waals surface area contributed by atoms with E-state index in [-0.39, 0.29) is 5.91 Å². The zero-order valence-corrected chi connectivity index (χ0v) is 11.4. The van der Waals surface area contributed by atoms with Gasteiger partial charge in [0.05, 0.1) is 0 Å². The summed E-state index contributed by atoms with van der Waals surface area (Å²) in [7, 11) is 1.95. The van der Waals surface area contributed by atoms with Crippen LogP contribution in [0.5, 0.6) is 0 Å². The van der Waals surface area contributed by atoms with Crippen LogP contribution in [0.3, 0.4) is 0 Å². The number of carbonyl (C=O) groups is 1. The smallest absolute Gasteiger partial charge is 0.222 e. The van der Waals surface area contributed by atoms with Crippen LogP contribution in [0, 0.1) is 0 Å². The maximum Gasteiger partial charge on any atom is 0.222 e. The van der Waals surface area contributed by atoms with Crippen molar-refractivity contribution >= 4 is 16.8 Å². The van der Waals surface area contributed by atoms with Gasteiger partial charge in [0, 0.05) is 36.6 Å². The highest BCUT2D eigenvalue weighted by Crippen LogP contribution is 2.25. The predicted molar refractivity (Wildman–Crippen MR) is 77.0 cm³/mol. The van der Waals surface area contributed by atoms with Crippen LogP contribution in [0.1, 0.15) is 31.2 Å². The van der Waals surface area contributed by atoms with Crippen molar-refractivity contribution in [3.63, 3.8) is 0 Å². The van der Waals surface area contributed by atoms with Crippen molar-refractivity contribution in [2.45, 2.75) is 38.1 Å². The van der Waals surface area contributed by atoms with Gasteiger partial charge < -0.3 is 9.88 Å². The molecule has 2 aromatic rings. The summed E-state index contributed by atoms with van der Waals surface area (Å²) in [6, 6.07) is 8.75. The normalized spacial score (nSPS) is 15.4. The first-order valence-electron chi connectivity index (χ1n) is 7.06. The van der Waals surface area contributed by atoms with Crippen LogP contribution in [0.4, 0.5) is 0 Å². The molecule has 3 nitrogen and oxygen atoms in total. The maximum atomic E-state index is 12.1. The van der Waals surface area contributed by atoms with Crippen LogP contribution in [0.2, 0.25) is 0 Å². The van der Waals surface area contributed by atoms with E-state index in [1.54, 1.807) is 0 Å². The van der Waals surface area contributed by atoms with Crippen LogP contribution in [0.15, 0.2) is 30.5 Å². The van der Waals surface area contributed by atoms with E-state index < -0.39 is 0 Å². The molecule has 1 fully saturated rings. The Morgan fingerprint density at radius 1 is 1.37 bits per heavy atom. The van der Waals surface area contributed by atoms with Gasteiger partial charge >= 0.3 is 0 Å². The van der Waals surface area contributed by atoms with Gasteiger partial charge in [-0.15, -0.1) is 0 Å². The van der Waals surface area contributed by atoms with Crippen LogP contribution in [-0.4, -0.2) is 28.9 Å². The molecule has 1 aromatic carbocycles. The molecule has 1 heterocycles. The molecule has 3 heteroatoms. The van der Waals surface area contributed by atoms with Crippen molar-refractivity contribution in [1.29, 1.82) is 0 Å². The molecule has 1 aliphatic carbocycles. The highest BCUT2D eigenvalue weighted by molar-refractivity contribution is 5.84. The highest BCUT2D eigenvalue weighted by Gasteiger charge is 2.25.